The molecule has 1 aliphatic rings. The van der Waals surface area contributed by atoms with E-state index in [1.165, 1.54) is 334 Å². The zero-order chi connectivity index (χ0) is 101. The molecular weight excluding hydrogens is 1760 g/mol. The summed E-state index contributed by atoms with van der Waals surface area (Å²) in [6.07, 6.45) is 79.6. The van der Waals surface area contributed by atoms with Gasteiger partial charge in [-0.05, 0) is 197 Å². The van der Waals surface area contributed by atoms with Crippen molar-refractivity contribution in [2.45, 2.75) is 466 Å². The smallest absolute Gasteiger partial charge is 0.126 e. The van der Waals surface area contributed by atoms with Gasteiger partial charge in [0.15, 0.2) is 0 Å². The lowest BCUT2D eigenvalue weighted by Gasteiger charge is -2.24. The lowest BCUT2D eigenvalue weighted by Crippen LogP contribution is -2.11. The van der Waals surface area contributed by atoms with Crippen molar-refractivity contribution < 1.29 is 37.9 Å². The van der Waals surface area contributed by atoms with Crippen LogP contribution in [-0.4, -0.2) is 52.9 Å². The molecule has 0 saturated heterocycles. The van der Waals surface area contributed by atoms with Crippen LogP contribution in [0, 0.1) is 47.4 Å². The van der Waals surface area contributed by atoms with Crippen molar-refractivity contribution >= 4 is 0 Å². The summed E-state index contributed by atoms with van der Waals surface area (Å²) in [7, 11) is 0. The molecule has 8 heteroatoms. The van der Waals surface area contributed by atoms with Crippen molar-refractivity contribution in [3.05, 3.63) is 235 Å². The number of hydrogen-bond acceptors (Lipinski definition) is 8. The van der Waals surface area contributed by atoms with Crippen LogP contribution in [-0.2, 0) is 25.7 Å². The minimum atomic E-state index is 0.457. The number of unbranched alkanes of at least 4 members (excludes halogenated alkanes) is 52. The highest BCUT2D eigenvalue weighted by molar-refractivity contribution is 5.64. The Morgan fingerprint density at radius 2 is 0.271 bits per heavy atom. The topological polar surface area (TPSA) is 73.8 Å². The maximum absolute atomic E-state index is 7.27. The number of benzene rings is 8. The van der Waals surface area contributed by atoms with Gasteiger partial charge in [-0.15, -0.1) is 0 Å². The van der Waals surface area contributed by atoms with E-state index in [2.05, 4.69) is 248 Å². The molecule has 8 bridgehead atoms. The minimum Gasteiger partial charge on any atom is -0.494 e. The molecule has 0 heterocycles. The fourth-order valence-electron chi connectivity index (χ4n) is 19.8. The van der Waals surface area contributed by atoms with Crippen LogP contribution < -0.4 is 37.9 Å². The van der Waals surface area contributed by atoms with Crippen molar-refractivity contribution in [1.82, 2.24) is 0 Å². The van der Waals surface area contributed by atoms with Gasteiger partial charge in [0.1, 0.15) is 46.0 Å². The summed E-state index contributed by atoms with van der Waals surface area (Å²) in [5, 5.41) is 0. The molecule has 0 aliphatic heterocycles. The third-order valence-electron chi connectivity index (χ3n) is 28.2. The zero-order valence-electron chi connectivity index (χ0n) is 92.0. The quantitative estimate of drug-likeness (QED) is 0.0276. The van der Waals surface area contributed by atoms with Gasteiger partial charge in [-0.2, -0.15) is 0 Å². The lowest BCUT2D eigenvalue weighted by atomic mass is 9.88. The van der Waals surface area contributed by atoms with E-state index in [0.717, 1.165) is 186 Å². The monoisotopic (exact) mass is 1950 g/mol. The summed E-state index contributed by atoms with van der Waals surface area (Å²) in [6.45, 7) is 22.8. The number of hydrogen-bond donors (Lipinski definition) is 0. The SMILES string of the molecule is CCCCCCCCCCCCCCCCOc1ccc(C#Cc2cc3c(OCCC)c(c2)Cc2cc(C#Cc4ccc(OCCCCCCCCCCCCCCCC)cc4)cc(c2OCCC)Cc2cc(C#Cc4ccc(OCCCCCCCCCCCCCCCC)cc4)cc(c2OCCC)Cc2cc(C#Cc4ccc(OCCCCCCCCCCCCCCCC)cc4)cc(c2OCCC)C3)cc1. The van der Waals surface area contributed by atoms with Crippen molar-refractivity contribution in [3.63, 3.8) is 0 Å². The number of rotatable bonds is 76. The van der Waals surface area contributed by atoms with E-state index < -0.39 is 0 Å². The van der Waals surface area contributed by atoms with Crippen molar-refractivity contribution in [2.75, 3.05) is 52.9 Å². The molecule has 0 fully saturated rings. The first kappa shape index (κ1) is 118. The maximum atomic E-state index is 7.27. The van der Waals surface area contributed by atoms with Gasteiger partial charge in [-0.25, -0.2) is 0 Å². The van der Waals surface area contributed by atoms with Crippen LogP contribution in [0.15, 0.2) is 146 Å². The third-order valence-corrected chi connectivity index (χ3v) is 28.2. The molecule has 9 rings (SSSR count). The highest BCUT2D eigenvalue weighted by atomic mass is 16.5. The van der Waals surface area contributed by atoms with Gasteiger partial charge in [-0.1, -0.05) is 437 Å². The van der Waals surface area contributed by atoms with Crippen molar-refractivity contribution in [3.8, 4) is 93.4 Å². The van der Waals surface area contributed by atoms with Gasteiger partial charge in [0.25, 0.3) is 0 Å². The normalized spacial score (nSPS) is 11.5. The fraction of sp³-hybridized carbons (Fsp3) is 0.588. The van der Waals surface area contributed by atoms with E-state index in [-0.39, 0.29) is 0 Å². The summed E-state index contributed by atoms with van der Waals surface area (Å²) in [5.74, 6) is 36.3. The van der Waals surface area contributed by atoms with Crippen LogP contribution in [0.1, 0.15) is 530 Å². The Hall–Kier alpha value is -9.60. The van der Waals surface area contributed by atoms with Gasteiger partial charge in [0, 0.05) is 115 Å². The van der Waals surface area contributed by atoms with E-state index in [9.17, 15) is 0 Å². The summed E-state index contributed by atoms with van der Waals surface area (Å²) in [6, 6.07) is 51.5. The number of fused-ring (bicyclic) bond motifs is 8. The van der Waals surface area contributed by atoms with Gasteiger partial charge in [-0.3, -0.25) is 0 Å². The van der Waals surface area contributed by atoms with Crippen LogP contribution in [0.5, 0.6) is 46.0 Å². The molecule has 0 radical (unpaired) electrons. The molecule has 8 aromatic rings. The summed E-state index contributed by atoms with van der Waals surface area (Å²) in [5.41, 5.74) is 15.2. The third kappa shape index (κ3) is 49.7. The Labute approximate surface area is 879 Å². The lowest BCUT2D eigenvalue weighted by molar-refractivity contribution is 0.304. The average molecular weight is 1960 g/mol. The molecule has 0 unspecified atom stereocenters. The number of ether oxygens (including phenoxy) is 8. The summed E-state index contributed by atoms with van der Waals surface area (Å²) in [4.78, 5) is 0. The summed E-state index contributed by atoms with van der Waals surface area (Å²) < 4.78 is 54.6. The second kappa shape index (κ2) is 76.9. The molecule has 8 aromatic carbocycles. The molecule has 8 nitrogen and oxygen atoms in total. The van der Waals surface area contributed by atoms with Gasteiger partial charge >= 0.3 is 0 Å². The van der Waals surface area contributed by atoms with Gasteiger partial charge < -0.3 is 37.9 Å². The predicted molar refractivity (Wildman–Crippen MR) is 613 cm³/mol. The minimum absolute atomic E-state index is 0.457. The first-order valence-electron chi connectivity index (χ1n) is 59.3. The molecule has 144 heavy (non-hydrogen) atoms. The van der Waals surface area contributed by atoms with E-state index in [1.54, 1.807) is 0 Å². The standard InChI is InChI=1S/C136H192O8/c1-9-17-21-25-29-33-37-41-45-49-53-57-61-65-97-137-129-85-77-113(78-86-129)69-73-117-101-121-109-123-103-118(74-70-114-79-87-130(88-80-114)138-98-66-62-58-54-50-46-42-38-34-30-26-22-18-10-2)105-125(134(123)142-94-14-6)111-127-107-120(76-72-116-83-91-132(92-84-116)140-100-68-64-60-56-52-48-44-40-36-32-28-24-20-12-4)108-128(136(127)144-96-16-8)112-126-106-119(104-124(135(126)143-95-15-7)110-122(102-117)133(121)141-93-13-5)75-71-115-81-89-131(90-82-115)139-99-67-63-59-55-51-47-43-39-35-31-27-23-19-11-3/h77-92,101-108H,9-68,93-100,109-112H2,1-8H3. The zero-order valence-corrected chi connectivity index (χ0v) is 92.0. The average Bonchev–Trinajstić information content (AvgIpc) is 0.770. The fourth-order valence-corrected chi connectivity index (χ4v) is 19.8. The van der Waals surface area contributed by atoms with Crippen LogP contribution in [0.25, 0.3) is 0 Å². The van der Waals surface area contributed by atoms with Crippen LogP contribution in [0.3, 0.4) is 0 Å². The highest BCUT2D eigenvalue weighted by Crippen LogP contribution is 2.42. The van der Waals surface area contributed by atoms with Crippen LogP contribution in [0.4, 0.5) is 0 Å². The Kier molecular flexibility index (Phi) is 63.0. The van der Waals surface area contributed by atoms with E-state index in [0.29, 0.717) is 78.5 Å². The molecule has 0 amide bonds. The Bertz CT molecular complexity index is 4260. The molecule has 0 saturated carbocycles. The van der Waals surface area contributed by atoms with Crippen LogP contribution >= 0.6 is 0 Å². The second-order valence-electron chi connectivity index (χ2n) is 41.5. The molecule has 0 N–H and O–H groups in total. The summed E-state index contributed by atoms with van der Waals surface area (Å²) >= 11 is 0. The molecular formula is C136H192O8. The van der Waals surface area contributed by atoms with E-state index in [4.69, 9.17) is 37.9 Å². The molecule has 1 aliphatic carbocycles. The predicted octanol–water partition coefficient (Wildman–Crippen LogP) is 38.6. The Balaban J connectivity index is 1.06. The molecule has 0 aromatic heterocycles. The molecule has 784 valence electrons. The maximum Gasteiger partial charge on any atom is 0.126 e. The Morgan fingerprint density at radius 1 is 0.139 bits per heavy atom. The molecule has 0 spiro atoms. The first-order valence-corrected chi connectivity index (χ1v) is 59.3. The van der Waals surface area contributed by atoms with Crippen LogP contribution in [0.2, 0.25) is 0 Å². The first-order chi connectivity index (χ1) is 71.2. The van der Waals surface area contributed by atoms with Gasteiger partial charge in [0.05, 0.1) is 52.9 Å². The van der Waals surface area contributed by atoms with E-state index >= 15 is 0 Å². The Morgan fingerprint density at radius 3 is 0.410 bits per heavy atom. The van der Waals surface area contributed by atoms with E-state index in [1.807, 2.05) is 0 Å². The largest absolute Gasteiger partial charge is 0.494 e. The van der Waals surface area contributed by atoms with Gasteiger partial charge in [0.2, 0.25) is 0 Å². The van der Waals surface area contributed by atoms with Crippen molar-refractivity contribution in [2.24, 2.45) is 0 Å². The second-order valence-corrected chi connectivity index (χ2v) is 41.5. The molecule has 0 atom stereocenters. The van der Waals surface area contributed by atoms with Crippen molar-refractivity contribution in [1.29, 1.82) is 0 Å². The highest BCUT2D eigenvalue weighted by Gasteiger charge is 2.26.